The van der Waals surface area contributed by atoms with E-state index in [4.69, 9.17) is 0 Å². The summed E-state index contributed by atoms with van der Waals surface area (Å²) in [6.45, 7) is 1.72. The second-order valence-electron chi connectivity index (χ2n) is 3.11. The number of rotatable bonds is 3. The highest BCUT2D eigenvalue weighted by Crippen LogP contribution is 2.31. The van der Waals surface area contributed by atoms with Crippen molar-refractivity contribution >= 4 is 11.7 Å². The molecule has 6 nitrogen and oxygen atoms in total. The summed E-state index contributed by atoms with van der Waals surface area (Å²) in [5.74, 6) is -1.07. The molecule has 0 bridgehead atoms. The quantitative estimate of drug-likeness (QED) is 0.480. The Labute approximate surface area is 91.6 Å². The van der Waals surface area contributed by atoms with Crippen LogP contribution in [0.3, 0.4) is 0 Å². The molecule has 1 aromatic rings. The van der Waals surface area contributed by atoms with Gasteiger partial charge in [0.05, 0.1) is 17.6 Å². The first-order valence-corrected chi connectivity index (χ1v) is 4.59. The summed E-state index contributed by atoms with van der Waals surface area (Å²) in [5.41, 5.74) is -0.0850. The van der Waals surface area contributed by atoms with E-state index in [-0.39, 0.29) is 5.56 Å². The van der Waals surface area contributed by atoms with Crippen molar-refractivity contribution < 1.29 is 19.6 Å². The van der Waals surface area contributed by atoms with E-state index in [0.717, 1.165) is 6.07 Å². The smallest absolute Gasteiger partial charge is 0.338 e. The Bertz CT molecular complexity index is 441. The molecule has 86 valence electrons. The van der Waals surface area contributed by atoms with Gasteiger partial charge < -0.3 is 9.84 Å². The molecule has 0 heterocycles. The minimum absolute atomic E-state index is 0.0591. The molecule has 6 heteroatoms. The van der Waals surface area contributed by atoms with Crippen molar-refractivity contribution in [3.05, 3.63) is 33.4 Å². The van der Waals surface area contributed by atoms with Crippen LogP contribution in [0.2, 0.25) is 0 Å². The van der Waals surface area contributed by atoms with Crippen LogP contribution in [0.15, 0.2) is 12.1 Å². The maximum Gasteiger partial charge on any atom is 0.338 e. The van der Waals surface area contributed by atoms with Gasteiger partial charge in [0, 0.05) is 11.6 Å². The molecule has 0 unspecified atom stereocenters. The number of benzene rings is 1. The number of esters is 1. The highest BCUT2D eigenvalue weighted by Gasteiger charge is 2.21. The number of methoxy groups -OCH3 is 1. The van der Waals surface area contributed by atoms with Crippen LogP contribution in [0.4, 0.5) is 5.69 Å². The van der Waals surface area contributed by atoms with Crippen molar-refractivity contribution in [3.63, 3.8) is 0 Å². The van der Waals surface area contributed by atoms with Crippen LogP contribution >= 0.6 is 0 Å². The van der Waals surface area contributed by atoms with Crippen LogP contribution in [0.25, 0.3) is 0 Å². The summed E-state index contributed by atoms with van der Waals surface area (Å²) in [6.07, 6.45) is 0.386. The summed E-state index contributed by atoms with van der Waals surface area (Å²) >= 11 is 0. The number of carbonyl (C=O) groups excluding carboxylic acids is 1. The number of aryl methyl sites for hydroxylation is 1. The second-order valence-corrected chi connectivity index (χ2v) is 3.11. The molecule has 16 heavy (non-hydrogen) atoms. The van der Waals surface area contributed by atoms with Gasteiger partial charge in [0.1, 0.15) is 0 Å². The van der Waals surface area contributed by atoms with Gasteiger partial charge in [-0.25, -0.2) is 4.79 Å². The third-order valence-electron chi connectivity index (χ3n) is 2.17. The van der Waals surface area contributed by atoms with Gasteiger partial charge in [-0.1, -0.05) is 6.92 Å². The van der Waals surface area contributed by atoms with E-state index in [2.05, 4.69) is 4.74 Å². The topological polar surface area (TPSA) is 89.7 Å². The molecule has 0 saturated carbocycles. The number of phenols is 1. The van der Waals surface area contributed by atoms with E-state index in [1.165, 1.54) is 13.2 Å². The van der Waals surface area contributed by atoms with Gasteiger partial charge in [-0.2, -0.15) is 0 Å². The Morgan fingerprint density at radius 2 is 2.19 bits per heavy atom. The summed E-state index contributed by atoms with van der Waals surface area (Å²) in [4.78, 5) is 21.2. The number of hydrogen-bond acceptors (Lipinski definition) is 5. The molecule has 1 aromatic carbocycles. The normalized spacial score (nSPS) is 9.88. The van der Waals surface area contributed by atoms with Gasteiger partial charge in [0.15, 0.2) is 5.75 Å². The molecule has 0 spiro atoms. The van der Waals surface area contributed by atoms with E-state index in [0.29, 0.717) is 12.0 Å². The van der Waals surface area contributed by atoms with Gasteiger partial charge in [0.2, 0.25) is 0 Å². The van der Waals surface area contributed by atoms with Gasteiger partial charge in [-0.15, -0.1) is 0 Å². The zero-order chi connectivity index (χ0) is 12.3. The van der Waals surface area contributed by atoms with Gasteiger partial charge >= 0.3 is 11.7 Å². The maximum absolute atomic E-state index is 11.2. The Morgan fingerprint density at radius 1 is 1.56 bits per heavy atom. The minimum atomic E-state index is -0.735. The predicted octanol–water partition coefficient (Wildman–Crippen LogP) is 1.65. The number of nitro benzene ring substituents is 1. The SMILES string of the molecule is CCc1cc(C(=O)OC)cc([N+](=O)[O-])c1O. The molecule has 1 N–H and O–H groups in total. The van der Waals surface area contributed by atoms with Gasteiger partial charge in [0.25, 0.3) is 0 Å². The highest BCUT2D eigenvalue weighted by atomic mass is 16.6. The van der Waals surface area contributed by atoms with Crippen LogP contribution < -0.4 is 0 Å². The number of hydrogen-bond donors (Lipinski definition) is 1. The lowest BCUT2D eigenvalue weighted by atomic mass is 10.1. The van der Waals surface area contributed by atoms with Crippen LogP contribution in [0.1, 0.15) is 22.8 Å². The highest BCUT2D eigenvalue weighted by molar-refractivity contribution is 5.91. The Hall–Kier alpha value is -2.11. The molecular formula is C10H11NO5. The average Bonchev–Trinajstić information content (AvgIpc) is 2.27. The van der Waals surface area contributed by atoms with Crippen LogP contribution in [0, 0.1) is 10.1 Å². The van der Waals surface area contributed by atoms with E-state index in [1.807, 2.05) is 0 Å². The van der Waals surface area contributed by atoms with Crippen LogP contribution in [0.5, 0.6) is 5.75 Å². The lowest BCUT2D eigenvalue weighted by Crippen LogP contribution is -2.04. The summed E-state index contributed by atoms with van der Waals surface area (Å²) < 4.78 is 4.47. The first kappa shape index (κ1) is 12.0. The fourth-order valence-electron chi connectivity index (χ4n) is 1.32. The van der Waals surface area contributed by atoms with Crippen LogP contribution in [-0.4, -0.2) is 23.1 Å². The Morgan fingerprint density at radius 3 is 2.62 bits per heavy atom. The molecule has 0 aliphatic carbocycles. The summed E-state index contributed by atoms with van der Waals surface area (Å²) in [7, 11) is 1.19. The molecule has 0 aliphatic rings. The van der Waals surface area contributed by atoms with Crippen LogP contribution in [-0.2, 0) is 11.2 Å². The molecule has 0 amide bonds. The number of carbonyl (C=O) groups is 1. The number of nitrogens with zero attached hydrogens (tertiary/aromatic N) is 1. The first-order valence-electron chi connectivity index (χ1n) is 4.59. The van der Waals surface area contributed by atoms with Crippen molar-refractivity contribution in [3.8, 4) is 5.75 Å². The standard InChI is InChI=1S/C10H11NO5/c1-3-6-4-7(10(13)16-2)5-8(9(6)12)11(14)15/h4-5,12H,3H2,1-2H3. The first-order chi connectivity index (χ1) is 7.51. The van der Waals surface area contributed by atoms with Crippen molar-refractivity contribution in [1.82, 2.24) is 0 Å². The fraction of sp³-hybridized carbons (Fsp3) is 0.300. The number of ether oxygens (including phenoxy) is 1. The van der Waals surface area contributed by atoms with Gasteiger partial charge in [-0.3, -0.25) is 10.1 Å². The van der Waals surface area contributed by atoms with E-state index in [9.17, 15) is 20.0 Å². The average molecular weight is 225 g/mol. The largest absolute Gasteiger partial charge is 0.502 e. The maximum atomic E-state index is 11.2. The molecule has 0 aliphatic heterocycles. The van der Waals surface area contributed by atoms with Crippen molar-refractivity contribution in [2.75, 3.05) is 7.11 Å². The monoisotopic (exact) mass is 225 g/mol. The molecular weight excluding hydrogens is 214 g/mol. The van der Waals surface area contributed by atoms with Crippen molar-refractivity contribution in [2.45, 2.75) is 13.3 Å². The van der Waals surface area contributed by atoms with E-state index in [1.54, 1.807) is 6.92 Å². The fourth-order valence-corrected chi connectivity index (χ4v) is 1.32. The molecule has 0 saturated heterocycles. The van der Waals surface area contributed by atoms with Gasteiger partial charge in [-0.05, 0) is 12.5 Å². The number of aromatic hydroxyl groups is 1. The molecule has 1 rings (SSSR count). The minimum Gasteiger partial charge on any atom is -0.502 e. The van der Waals surface area contributed by atoms with E-state index >= 15 is 0 Å². The Balaban J connectivity index is 3.40. The lowest BCUT2D eigenvalue weighted by Gasteiger charge is -2.05. The summed E-state index contributed by atoms with van der Waals surface area (Å²) in [6, 6.07) is 2.38. The number of nitro groups is 1. The zero-order valence-corrected chi connectivity index (χ0v) is 8.89. The third kappa shape index (κ3) is 2.10. The molecule has 0 atom stereocenters. The molecule has 0 aromatic heterocycles. The lowest BCUT2D eigenvalue weighted by molar-refractivity contribution is -0.386. The molecule has 0 fully saturated rings. The zero-order valence-electron chi connectivity index (χ0n) is 8.89. The Kier molecular flexibility index (Phi) is 3.44. The third-order valence-corrected chi connectivity index (χ3v) is 2.17. The van der Waals surface area contributed by atoms with E-state index < -0.39 is 22.3 Å². The predicted molar refractivity (Wildman–Crippen MR) is 55.5 cm³/mol. The summed E-state index contributed by atoms with van der Waals surface area (Å²) in [5, 5.41) is 20.2. The van der Waals surface area contributed by atoms with Crippen molar-refractivity contribution in [1.29, 1.82) is 0 Å². The second kappa shape index (κ2) is 4.61. The molecule has 0 radical (unpaired) electrons. The van der Waals surface area contributed by atoms with Crippen molar-refractivity contribution in [2.24, 2.45) is 0 Å². The number of phenolic OH excluding ortho intramolecular Hbond substituents is 1.